The molecule has 1 fully saturated rings. The Hall–Kier alpha value is -0.0900. The molecule has 1 aliphatic rings. The summed E-state index contributed by atoms with van der Waals surface area (Å²) < 4.78 is 0. The van der Waals surface area contributed by atoms with Gasteiger partial charge in [0.05, 0.1) is 10.9 Å². The summed E-state index contributed by atoms with van der Waals surface area (Å²) in [4.78, 5) is 13.5. The molecule has 1 N–H and O–H groups in total. The number of nitrogens with zero attached hydrogens (tertiary/aromatic N) is 1. The molecule has 0 spiro atoms. The minimum absolute atomic E-state index is 0.0165. The summed E-state index contributed by atoms with van der Waals surface area (Å²) in [5.74, 6) is 0.210. The molecular weight excluding hydrogens is 246 g/mol. The van der Waals surface area contributed by atoms with Gasteiger partial charge in [-0.1, -0.05) is 15.9 Å². The van der Waals surface area contributed by atoms with Gasteiger partial charge in [-0.15, -0.1) is 0 Å². The van der Waals surface area contributed by atoms with Gasteiger partial charge in [0.1, 0.15) is 0 Å². The van der Waals surface area contributed by atoms with E-state index < -0.39 is 0 Å². The second kappa shape index (κ2) is 5.71. The third-order valence-corrected chi connectivity index (χ3v) is 3.36. The van der Waals surface area contributed by atoms with Crippen molar-refractivity contribution in [2.45, 2.75) is 43.5 Å². The van der Waals surface area contributed by atoms with Gasteiger partial charge in [0.2, 0.25) is 5.91 Å². The van der Waals surface area contributed by atoms with Gasteiger partial charge >= 0.3 is 0 Å². The van der Waals surface area contributed by atoms with Crippen LogP contribution in [0.2, 0.25) is 0 Å². The Bertz CT molecular complexity index is 197. The molecule has 1 aliphatic heterocycles. The molecule has 82 valence electrons. The van der Waals surface area contributed by atoms with Crippen LogP contribution in [0.3, 0.4) is 0 Å². The van der Waals surface area contributed by atoms with Crippen LogP contribution in [-0.2, 0) is 4.79 Å². The first-order valence-electron chi connectivity index (χ1n) is 5.22. The van der Waals surface area contributed by atoms with Gasteiger partial charge in [0, 0.05) is 13.1 Å². The standard InChI is InChI=1S/C10H18BrNO2/c1-8(13)4-2-6-12-7-3-5-9(11)10(12)14/h8-9,13H,2-7H2,1H3. The van der Waals surface area contributed by atoms with Crippen molar-refractivity contribution in [3.8, 4) is 0 Å². The summed E-state index contributed by atoms with van der Waals surface area (Å²) in [5.41, 5.74) is 0. The van der Waals surface area contributed by atoms with Gasteiger partial charge in [0.25, 0.3) is 0 Å². The van der Waals surface area contributed by atoms with Crippen LogP contribution in [0.5, 0.6) is 0 Å². The topological polar surface area (TPSA) is 40.5 Å². The summed E-state index contributed by atoms with van der Waals surface area (Å²) >= 11 is 3.37. The van der Waals surface area contributed by atoms with E-state index in [1.165, 1.54) is 0 Å². The lowest BCUT2D eigenvalue weighted by molar-refractivity contribution is -0.132. The molecule has 0 aromatic carbocycles. The number of carbonyl (C=O) groups is 1. The minimum Gasteiger partial charge on any atom is -0.393 e. The number of likely N-dealkylation sites (tertiary alicyclic amines) is 1. The number of halogens is 1. The summed E-state index contributed by atoms with van der Waals surface area (Å²) in [6, 6.07) is 0. The SMILES string of the molecule is CC(O)CCCN1CCCC(Br)C1=O. The molecule has 0 aromatic heterocycles. The van der Waals surface area contributed by atoms with Crippen molar-refractivity contribution >= 4 is 21.8 Å². The van der Waals surface area contributed by atoms with E-state index in [1.54, 1.807) is 6.92 Å². The maximum absolute atomic E-state index is 11.6. The lowest BCUT2D eigenvalue weighted by atomic mass is 10.1. The summed E-state index contributed by atoms with van der Waals surface area (Å²) in [5, 5.41) is 9.09. The van der Waals surface area contributed by atoms with Crippen molar-refractivity contribution in [3.05, 3.63) is 0 Å². The Labute approximate surface area is 93.6 Å². The summed E-state index contributed by atoms with van der Waals surface area (Å²) in [6.07, 6.45) is 3.44. The predicted octanol–water partition coefficient (Wildman–Crippen LogP) is 1.53. The van der Waals surface area contributed by atoms with Gasteiger partial charge in [-0.25, -0.2) is 0 Å². The summed E-state index contributed by atoms with van der Waals surface area (Å²) in [6.45, 7) is 3.44. The van der Waals surface area contributed by atoms with Gasteiger partial charge in [-0.2, -0.15) is 0 Å². The highest BCUT2D eigenvalue weighted by Crippen LogP contribution is 2.18. The second-order valence-electron chi connectivity index (χ2n) is 3.93. The average Bonchev–Trinajstić information content (AvgIpc) is 2.12. The molecule has 0 aromatic rings. The quantitative estimate of drug-likeness (QED) is 0.782. The number of rotatable bonds is 4. The summed E-state index contributed by atoms with van der Waals surface area (Å²) in [7, 11) is 0. The number of hydrogen-bond acceptors (Lipinski definition) is 2. The highest BCUT2D eigenvalue weighted by molar-refractivity contribution is 9.10. The molecule has 0 saturated carbocycles. The van der Waals surface area contributed by atoms with Crippen LogP contribution in [0.25, 0.3) is 0 Å². The Kier molecular flexibility index (Phi) is 4.89. The molecule has 0 bridgehead atoms. The molecule has 1 saturated heterocycles. The van der Waals surface area contributed by atoms with E-state index in [-0.39, 0.29) is 16.8 Å². The van der Waals surface area contributed by atoms with Crippen LogP contribution in [0.15, 0.2) is 0 Å². The van der Waals surface area contributed by atoms with Crippen LogP contribution in [0.4, 0.5) is 0 Å². The molecular formula is C10H18BrNO2. The molecule has 14 heavy (non-hydrogen) atoms. The lowest BCUT2D eigenvalue weighted by Gasteiger charge is -2.29. The number of hydrogen-bond donors (Lipinski definition) is 1. The van der Waals surface area contributed by atoms with Crippen LogP contribution in [-0.4, -0.2) is 39.9 Å². The maximum atomic E-state index is 11.6. The first-order valence-corrected chi connectivity index (χ1v) is 6.13. The highest BCUT2D eigenvalue weighted by Gasteiger charge is 2.25. The van der Waals surface area contributed by atoms with Crippen molar-refractivity contribution in [3.63, 3.8) is 0 Å². The smallest absolute Gasteiger partial charge is 0.236 e. The molecule has 1 amide bonds. The third-order valence-electron chi connectivity index (χ3n) is 2.52. The van der Waals surface area contributed by atoms with Gasteiger partial charge < -0.3 is 10.0 Å². The molecule has 4 heteroatoms. The van der Waals surface area contributed by atoms with E-state index in [4.69, 9.17) is 5.11 Å². The predicted molar refractivity (Wildman–Crippen MR) is 59.4 cm³/mol. The minimum atomic E-state index is -0.255. The number of alkyl halides is 1. The Balaban J connectivity index is 2.25. The fourth-order valence-corrected chi connectivity index (χ4v) is 2.31. The van der Waals surface area contributed by atoms with Crippen LogP contribution in [0.1, 0.15) is 32.6 Å². The zero-order chi connectivity index (χ0) is 10.6. The van der Waals surface area contributed by atoms with Crippen LogP contribution >= 0.6 is 15.9 Å². The molecule has 2 unspecified atom stereocenters. The fraction of sp³-hybridized carbons (Fsp3) is 0.900. The van der Waals surface area contributed by atoms with E-state index in [9.17, 15) is 4.79 Å². The zero-order valence-corrected chi connectivity index (χ0v) is 10.2. The number of aliphatic hydroxyl groups is 1. The van der Waals surface area contributed by atoms with Crippen molar-refractivity contribution in [2.75, 3.05) is 13.1 Å². The number of carbonyl (C=O) groups excluding carboxylic acids is 1. The average molecular weight is 264 g/mol. The van der Waals surface area contributed by atoms with E-state index in [0.717, 1.165) is 38.8 Å². The van der Waals surface area contributed by atoms with Crippen molar-refractivity contribution in [1.29, 1.82) is 0 Å². The van der Waals surface area contributed by atoms with Crippen LogP contribution < -0.4 is 0 Å². The molecule has 2 atom stereocenters. The largest absolute Gasteiger partial charge is 0.393 e. The van der Waals surface area contributed by atoms with Gasteiger partial charge in [-0.3, -0.25) is 4.79 Å². The maximum Gasteiger partial charge on any atom is 0.236 e. The normalized spacial score (nSPS) is 25.2. The molecule has 0 radical (unpaired) electrons. The molecule has 0 aliphatic carbocycles. The van der Waals surface area contributed by atoms with E-state index in [0.29, 0.717) is 0 Å². The number of amides is 1. The fourth-order valence-electron chi connectivity index (χ4n) is 1.69. The lowest BCUT2D eigenvalue weighted by Crippen LogP contribution is -2.42. The first-order chi connectivity index (χ1) is 6.61. The molecule has 3 nitrogen and oxygen atoms in total. The first kappa shape index (κ1) is 12.0. The van der Waals surface area contributed by atoms with Crippen molar-refractivity contribution in [2.24, 2.45) is 0 Å². The Morgan fingerprint density at radius 1 is 1.71 bits per heavy atom. The molecule has 1 rings (SSSR count). The van der Waals surface area contributed by atoms with Crippen molar-refractivity contribution < 1.29 is 9.90 Å². The monoisotopic (exact) mass is 263 g/mol. The van der Waals surface area contributed by atoms with Crippen molar-refractivity contribution in [1.82, 2.24) is 4.90 Å². The highest BCUT2D eigenvalue weighted by atomic mass is 79.9. The van der Waals surface area contributed by atoms with Crippen LogP contribution in [0, 0.1) is 0 Å². The van der Waals surface area contributed by atoms with E-state index in [1.807, 2.05) is 4.90 Å². The third kappa shape index (κ3) is 3.58. The molecule has 1 heterocycles. The second-order valence-corrected chi connectivity index (χ2v) is 5.03. The zero-order valence-electron chi connectivity index (χ0n) is 8.58. The Morgan fingerprint density at radius 2 is 2.43 bits per heavy atom. The van der Waals surface area contributed by atoms with E-state index >= 15 is 0 Å². The van der Waals surface area contributed by atoms with Gasteiger partial charge in [0.15, 0.2) is 0 Å². The Morgan fingerprint density at radius 3 is 3.07 bits per heavy atom. The van der Waals surface area contributed by atoms with E-state index in [2.05, 4.69) is 15.9 Å². The number of piperidine rings is 1. The number of aliphatic hydroxyl groups excluding tert-OH is 1. The van der Waals surface area contributed by atoms with Gasteiger partial charge in [-0.05, 0) is 32.6 Å².